The van der Waals surface area contributed by atoms with E-state index in [1.54, 1.807) is 18.2 Å². The van der Waals surface area contributed by atoms with E-state index in [0.717, 1.165) is 26.1 Å². The Balaban J connectivity index is -0.0000000677. The molecular weight excluding hydrogens is 196 g/mol. The van der Waals surface area contributed by atoms with Crippen LogP contribution < -0.4 is 0 Å². The lowest BCUT2D eigenvalue weighted by molar-refractivity contribution is 0.135. The zero-order valence-corrected chi connectivity index (χ0v) is 12.1. The zero-order chi connectivity index (χ0) is 13.7. The fourth-order valence-electron chi connectivity index (χ4n) is 0.391. The molecule has 16 heavy (non-hydrogen) atoms. The second kappa shape index (κ2) is 47.8. The summed E-state index contributed by atoms with van der Waals surface area (Å²) in [6.45, 7) is 21.8. The monoisotopic (exact) mass is 228 g/mol. The molecule has 0 radical (unpaired) electrons. The molecule has 0 aromatic rings. The summed E-state index contributed by atoms with van der Waals surface area (Å²) in [5.41, 5.74) is 0. The summed E-state index contributed by atoms with van der Waals surface area (Å²) >= 11 is 0. The van der Waals surface area contributed by atoms with Gasteiger partial charge in [0.15, 0.2) is 0 Å². The van der Waals surface area contributed by atoms with Crippen LogP contribution in [0.25, 0.3) is 0 Å². The first kappa shape index (κ1) is 24.4. The zero-order valence-electron chi connectivity index (χ0n) is 12.1. The minimum atomic E-state index is 0.924. The Labute approximate surface area is 104 Å². The third-order valence-electron chi connectivity index (χ3n) is 0.697. The van der Waals surface area contributed by atoms with Crippen molar-refractivity contribution in [2.24, 2.45) is 0 Å². The molecule has 0 heterocycles. The highest BCUT2D eigenvalue weighted by molar-refractivity contribution is 4.52. The van der Waals surface area contributed by atoms with Gasteiger partial charge in [0.25, 0.3) is 0 Å². The van der Waals surface area contributed by atoms with Crippen molar-refractivity contribution in [2.75, 3.05) is 13.2 Å². The summed E-state index contributed by atoms with van der Waals surface area (Å²) in [5, 5.41) is 0. The van der Waals surface area contributed by atoms with E-state index in [1.165, 1.54) is 0 Å². The lowest BCUT2D eigenvalue weighted by Crippen LogP contribution is -1.92. The fourth-order valence-corrected chi connectivity index (χ4v) is 0.391. The molecule has 0 aromatic carbocycles. The van der Waals surface area contributed by atoms with Crippen LogP contribution in [0.1, 0.15) is 47.5 Å². The Hall–Kier alpha value is -0.820. The van der Waals surface area contributed by atoms with Crippen LogP contribution in [0.3, 0.4) is 0 Å². The highest BCUT2D eigenvalue weighted by atomic mass is 16.5. The summed E-state index contributed by atoms with van der Waals surface area (Å²) in [6.07, 6.45) is 7.53. The smallest absolute Gasteiger partial charge is 0.0463 e. The molecule has 0 unspecified atom stereocenters. The molecule has 0 N–H and O–H groups in total. The van der Waals surface area contributed by atoms with Crippen LogP contribution in [0.15, 0.2) is 38.0 Å². The average molecular weight is 228 g/mol. The molecule has 0 fully saturated rings. The first-order chi connectivity index (χ1) is 7.66. The van der Waals surface area contributed by atoms with Gasteiger partial charge < -0.3 is 4.74 Å². The van der Waals surface area contributed by atoms with E-state index in [0.29, 0.717) is 0 Å². The maximum atomic E-state index is 5.13. The van der Waals surface area contributed by atoms with Crippen LogP contribution in [-0.2, 0) is 4.74 Å². The van der Waals surface area contributed by atoms with E-state index in [9.17, 15) is 0 Å². The topological polar surface area (TPSA) is 9.23 Å². The first-order valence-electron chi connectivity index (χ1n) is 5.95. The maximum absolute atomic E-state index is 5.13. The highest BCUT2D eigenvalue weighted by Gasteiger charge is 1.77. The Bertz CT molecular complexity index is 87.7. The maximum Gasteiger partial charge on any atom is 0.0463 e. The number of hydrogen-bond donors (Lipinski definition) is 0. The van der Waals surface area contributed by atoms with Crippen molar-refractivity contribution in [3.8, 4) is 0 Å². The Morgan fingerprint density at radius 1 is 0.750 bits per heavy atom. The molecule has 0 atom stereocenters. The van der Waals surface area contributed by atoms with E-state index in [4.69, 9.17) is 4.74 Å². The van der Waals surface area contributed by atoms with Crippen LogP contribution >= 0.6 is 0 Å². The molecule has 0 rings (SSSR count). The van der Waals surface area contributed by atoms with Crippen LogP contribution in [0.2, 0.25) is 0 Å². The average Bonchev–Trinajstić information content (AvgIpc) is 2.22. The van der Waals surface area contributed by atoms with E-state index in [-0.39, 0.29) is 0 Å². The second-order valence-corrected chi connectivity index (χ2v) is 2.84. The van der Waals surface area contributed by atoms with Crippen molar-refractivity contribution < 1.29 is 4.74 Å². The Kier molecular flexibility index (Phi) is 72.9. The molecule has 0 aromatic heterocycles. The van der Waals surface area contributed by atoms with Gasteiger partial charge in [-0.25, -0.2) is 0 Å². The molecule has 0 saturated carbocycles. The van der Waals surface area contributed by atoms with Crippen molar-refractivity contribution >= 4 is 0 Å². The normalized spacial score (nSPS) is 6.56. The van der Waals surface area contributed by atoms with E-state index >= 15 is 0 Å². The van der Waals surface area contributed by atoms with Gasteiger partial charge in [0.2, 0.25) is 0 Å². The minimum Gasteiger partial charge on any atom is -0.381 e. The molecule has 0 aliphatic carbocycles. The predicted molar refractivity (Wildman–Crippen MR) is 79.0 cm³/mol. The Morgan fingerprint density at radius 3 is 1.06 bits per heavy atom. The van der Waals surface area contributed by atoms with Crippen molar-refractivity contribution in [3.63, 3.8) is 0 Å². The lowest BCUT2D eigenvalue weighted by atomic mass is 10.5. The summed E-state index contributed by atoms with van der Waals surface area (Å²) in [5.74, 6) is 0. The number of hydrogen-bond acceptors (Lipinski definition) is 1. The third kappa shape index (κ3) is 193. The van der Waals surface area contributed by atoms with Gasteiger partial charge >= 0.3 is 0 Å². The van der Waals surface area contributed by atoms with Gasteiger partial charge in [0, 0.05) is 13.2 Å². The molecule has 0 amide bonds. The standard InChI is InChI=1S/C6H14O.3C3H6/c1-3-5-7-6-4-2;3*1-3-2/h3-6H2,1-2H3;3*3H,1H2,2H3. The highest BCUT2D eigenvalue weighted by Crippen LogP contribution is 1.81. The molecule has 1 heteroatoms. The van der Waals surface area contributed by atoms with Gasteiger partial charge in [-0.05, 0) is 33.6 Å². The van der Waals surface area contributed by atoms with Gasteiger partial charge in [-0.3, -0.25) is 0 Å². The molecule has 0 aliphatic heterocycles. The number of ether oxygens (including phenoxy) is 1. The predicted octanol–water partition coefficient (Wildman–Crippen LogP) is 5.40. The van der Waals surface area contributed by atoms with Crippen LogP contribution in [0, 0.1) is 0 Å². The van der Waals surface area contributed by atoms with Crippen molar-refractivity contribution in [1.82, 2.24) is 0 Å². The van der Waals surface area contributed by atoms with E-state index in [1.807, 2.05) is 20.8 Å². The quantitative estimate of drug-likeness (QED) is 0.462. The SMILES string of the molecule is C=CC.C=CC.C=CC.CCCOCCC. The number of allylic oxidation sites excluding steroid dienone is 3. The van der Waals surface area contributed by atoms with Gasteiger partial charge in [-0.1, -0.05) is 32.1 Å². The molecule has 1 nitrogen and oxygen atoms in total. The lowest BCUT2D eigenvalue weighted by Gasteiger charge is -1.95. The van der Waals surface area contributed by atoms with E-state index in [2.05, 4.69) is 33.6 Å². The molecule has 0 aliphatic rings. The molecular formula is C15H32O. The molecule has 0 saturated heterocycles. The summed E-state index contributed by atoms with van der Waals surface area (Å²) in [6, 6.07) is 0. The molecule has 0 spiro atoms. The first-order valence-corrected chi connectivity index (χ1v) is 5.95. The van der Waals surface area contributed by atoms with Gasteiger partial charge in [-0.2, -0.15) is 0 Å². The van der Waals surface area contributed by atoms with Gasteiger partial charge in [-0.15, -0.1) is 19.7 Å². The summed E-state index contributed by atoms with van der Waals surface area (Å²) in [7, 11) is 0. The van der Waals surface area contributed by atoms with Crippen LogP contribution in [-0.4, -0.2) is 13.2 Å². The summed E-state index contributed by atoms with van der Waals surface area (Å²) < 4.78 is 5.13. The number of rotatable bonds is 4. The largest absolute Gasteiger partial charge is 0.381 e. The fraction of sp³-hybridized carbons (Fsp3) is 0.600. The third-order valence-corrected chi connectivity index (χ3v) is 0.697. The Morgan fingerprint density at radius 2 is 0.938 bits per heavy atom. The van der Waals surface area contributed by atoms with Crippen molar-refractivity contribution in [2.45, 2.75) is 47.5 Å². The second-order valence-electron chi connectivity index (χ2n) is 2.84. The van der Waals surface area contributed by atoms with Crippen molar-refractivity contribution in [1.29, 1.82) is 0 Å². The van der Waals surface area contributed by atoms with Gasteiger partial charge in [0.1, 0.15) is 0 Å². The van der Waals surface area contributed by atoms with Gasteiger partial charge in [0.05, 0.1) is 0 Å². The molecule has 0 bridgehead atoms. The van der Waals surface area contributed by atoms with E-state index < -0.39 is 0 Å². The minimum absolute atomic E-state index is 0.924. The van der Waals surface area contributed by atoms with Crippen LogP contribution in [0.4, 0.5) is 0 Å². The molecule has 98 valence electrons. The van der Waals surface area contributed by atoms with Crippen molar-refractivity contribution in [3.05, 3.63) is 38.0 Å². The summed E-state index contributed by atoms with van der Waals surface area (Å²) in [4.78, 5) is 0. The van der Waals surface area contributed by atoms with Crippen LogP contribution in [0.5, 0.6) is 0 Å².